The van der Waals surface area contributed by atoms with E-state index in [9.17, 15) is 9.90 Å². The first-order chi connectivity index (χ1) is 12.1. The van der Waals surface area contributed by atoms with Crippen LogP contribution in [0.3, 0.4) is 0 Å². The summed E-state index contributed by atoms with van der Waals surface area (Å²) in [7, 11) is 0. The number of hydrogen-bond acceptors (Lipinski definition) is 4. The number of esters is 1. The summed E-state index contributed by atoms with van der Waals surface area (Å²) in [4.78, 5) is 16.5. The SMILES string of the molecule is CCCCOC(=O)c1nc(Br)c2c(-c3ccccc3)cccc2c1O. The molecule has 128 valence electrons. The average Bonchev–Trinajstić information content (AvgIpc) is 2.65. The van der Waals surface area contributed by atoms with E-state index in [1.807, 2.05) is 49.4 Å². The monoisotopic (exact) mass is 399 g/mol. The molecule has 4 nitrogen and oxygen atoms in total. The van der Waals surface area contributed by atoms with E-state index in [-0.39, 0.29) is 11.4 Å². The zero-order chi connectivity index (χ0) is 17.8. The van der Waals surface area contributed by atoms with Gasteiger partial charge in [-0.05, 0) is 33.5 Å². The molecule has 0 unspecified atom stereocenters. The van der Waals surface area contributed by atoms with Crippen molar-refractivity contribution in [3.8, 4) is 16.9 Å². The maximum atomic E-state index is 12.2. The van der Waals surface area contributed by atoms with Crippen molar-refractivity contribution in [1.29, 1.82) is 0 Å². The molecule has 5 heteroatoms. The fraction of sp³-hybridized carbons (Fsp3) is 0.200. The van der Waals surface area contributed by atoms with Gasteiger partial charge in [-0.2, -0.15) is 0 Å². The molecule has 0 fully saturated rings. The molecule has 0 atom stereocenters. The summed E-state index contributed by atoms with van der Waals surface area (Å²) in [6.07, 6.45) is 1.70. The van der Waals surface area contributed by atoms with Crippen LogP contribution in [0, 0.1) is 0 Å². The minimum atomic E-state index is -0.612. The Morgan fingerprint density at radius 2 is 1.92 bits per heavy atom. The molecule has 0 aliphatic heterocycles. The number of nitrogens with zero attached hydrogens (tertiary/aromatic N) is 1. The lowest BCUT2D eigenvalue weighted by atomic mass is 9.99. The van der Waals surface area contributed by atoms with E-state index in [0.29, 0.717) is 16.6 Å². The van der Waals surface area contributed by atoms with Crippen LogP contribution < -0.4 is 0 Å². The molecule has 1 heterocycles. The average molecular weight is 400 g/mol. The minimum Gasteiger partial charge on any atom is -0.505 e. The van der Waals surface area contributed by atoms with Crippen molar-refractivity contribution in [2.75, 3.05) is 6.61 Å². The largest absolute Gasteiger partial charge is 0.505 e. The lowest BCUT2D eigenvalue weighted by Crippen LogP contribution is -2.09. The van der Waals surface area contributed by atoms with Crippen LogP contribution >= 0.6 is 15.9 Å². The number of benzene rings is 2. The Labute approximate surface area is 154 Å². The number of ether oxygens (including phenoxy) is 1. The zero-order valence-corrected chi connectivity index (χ0v) is 15.4. The molecule has 3 rings (SSSR count). The van der Waals surface area contributed by atoms with Crippen LogP contribution in [-0.2, 0) is 4.74 Å². The lowest BCUT2D eigenvalue weighted by Gasteiger charge is -2.12. The van der Waals surface area contributed by atoms with Crippen molar-refractivity contribution >= 4 is 32.7 Å². The summed E-state index contributed by atoms with van der Waals surface area (Å²) in [6.45, 7) is 2.33. The third-order valence-electron chi connectivity index (χ3n) is 3.97. The molecule has 0 aliphatic rings. The number of fused-ring (bicyclic) bond motifs is 1. The van der Waals surface area contributed by atoms with Crippen molar-refractivity contribution in [3.63, 3.8) is 0 Å². The number of aromatic nitrogens is 1. The molecular formula is C20H18BrNO3. The first kappa shape index (κ1) is 17.4. The second kappa shape index (κ2) is 7.66. The molecule has 0 aliphatic carbocycles. The topological polar surface area (TPSA) is 59.4 Å². The fourth-order valence-electron chi connectivity index (χ4n) is 2.68. The van der Waals surface area contributed by atoms with Gasteiger partial charge in [-0.1, -0.05) is 61.9 Å². The summed E-state index contributed by atoms with van der Waals surface area (Å²) in [5.74, 6) is -0.767. The molecule has 0 bridgehead atoms. The fourth-order valence-corrected chi connectivity index (χ4v) is 3.29. The van der Waals surface area contributed by atoms with Gasteiger partial charge >= 0.3 is 5.97 Å². The van der Waals surface area contributed by atoms with E-state index in [1.165, 1.54) is 0 Å². The number of unbranched alkanes of at least 4 members (excludes halogenated alkanes) is 1. The lowest BCUT2D eigenvalue weighted by molar-refractivity contribution is 0.0489. The van der Waals surface area contributed by atoms with Gasteiger partial charge in [-0.3, -0.25) is 0 Å². The first-order valence-electron chi connectivity index (χ1n) is 8.17. The zero-order valence-electron chi connectivity index (χ0n) is 13.8. The second-order valence-corrected chi connectivity index (χ2v) is 6.43. The highest BCUT2D eigenvalue weighted by atomic mass is 79.9. The van der Waals surface area contributed by atoms with Crippen molar-refractivity contribution < 1.29 is 14.6 Å². The van der Waals surface area contributed by atoms with E-state index in [1.54, 1.807) is 6.07 Å². The van der Waals surface area contributed by atoms with Gasteiger partial charge in [-0.15, -0.1) is 0 Å². The molecule has 3 aromatic rings. The molecular weight excluding hydrogens is 382 g/mol. The van der Waals surface area contributed by atoms with Crippen LogP contribution in [0.15, 0.2) is 53.1 Å². The van der Waals surface area contributed by atoms with Crippen molar-refractivity contribution in [1.82, 2.24) is 4.98 Å². The normalized spacial score (nSPS) is 10.8. The van der Waals surface area contributed by atoms with Crippen LogP contribution in [-0.4, -0.2) is 22.7 Å². The van der Waals surface area contributed by atoms with Gasteiger partial charge in [0.15, 0.2) is 11.4 Å². The summed E-state index contributed by atoms with van der Waals surface area (Å²) in [6, 6.07) is 15.4. The molecule has 1 aromatic heterocycles. The van der Waals surface area contributed by atoms with Gasteiger partial charge in [-0.25, -0.2) is 9.78 Å². The highest BCUT2D eigenvalue weighted by Crippen LogP contribution is 2.38. The van der Waals surface area contributed by atoms with Crippen LogP contribution in [0.5, 0.6) is 5.75 Å². The third-order valence-corrected chi connectivity index (χ3v) is 4.54. The summed E-state index contributed by atoms with van der Waals surface area (Å²) < 4.78 is 5.69. The van der Waals surface area contributed by atoms with Gasteiger partial charge in [0.2, 0.25) is 0 Å². The van der Waals surface area contributed by atoms with Gasteiger partial charge < -0.3 is 9.84 Å². The van der Waals surface area contributed by atoms with E-state index in [0.717, 1.165) is 29.4 Å². The highest BCUT2D eigenvalue weighted by molar-refractivity contribution is 9.10. The molecule has 0 spiro atoms. The van der Waals surface area contributed by atoms with Crippen molar-refractivity contribution in [2.24, 2.45) is 0 Å². The Morgan fingerprint density at radius 3 is 2.64 bits per heavy atom. The van der Waals surface area contributed by atoms with E-state index in [2.05, 4.69) is 20.9 Å². The number of pyridine rings is 1. The molecule has 0 radical (unpaired) electrons. The van der Waals surface area contributed by atoms with Gasteiger partial charge in [0.25, 0.3) is 0 Å². The van der Waals surface area contributed by atoms with Crippen LogP contribution in [0.25, 0.3) is 21.9 Å². The predicted octanol–water partition coefficient (Wildman–Crippen LogP) is 5.33. The number of rotatable bonds is 5. The Balaban J connectivity index is 2.11. The number of aromatic hydroxyl groups is 1. The number of carbonyl (C=O) groups is 1. The van der Waals surface area contributed by atoms with Crippen molar-refractivity contribution in [3.05, 3.63) is 58.8 Å². The van der Waals surface area contributed by atoms with E-state index < -0.39 is 5.97 Å². The maximum Gasteiger partial charge on any atom is 0.360 e. The maximum absolute atomic E-state index is 12.2. The first-order valence-corrected chi connectivity index (χ1v) is 8.96. The Bertz CT molecular complexity index is 910. The molecule has 1 N–H and O–H groups in total. The smallest absolute Gasteiger partial charge is 0.360 e. The Morgan fingerprint density at radius 1 is 1.16 bits per heavy atom. The highest BCUT2D eigenvalue weighted by Gasteiger charge is 2.21. The predicted molar refractivity (Wildman–Crippen MR) is 102 cm³/mol. The van der Waals surface area contributed by atoms with Crippen LogP contribution in [0.1, 0.15) is 30.3 Å². The van der Waals surface area contributed by atoms with E-state index >= 15 is 0 Å². The van der Waals surface area contributed by atoms with Crippen LogP contribution in [0.2, 0.25) is 0 Å². The molecule has 0 amide bonds. The molecule has 0 saturated carbocycles. The molecule has 0 saturated heterocycles. The Hall–Kier alpha value is -2.40. The minimum absolute atomic E-state index is 0.0688. The summed E-state index contributed by atoms with van der Waals surface area (Å²) in [5, 5.41) is 11.9. The van der Waals surface area contributed by atoms with Gasteiger partial charge in [0, 0.05) is 10.8 Å². The molecule has 2 aromatic carbocycles. The third kappa shape index (κ3) is 3.51. The Kier molecular flexibility index (Phi) is 5.34. The van der Waals surface area contributed by atoms with Crippen molar-refractivity contribution in [2.45, 2.75) is 19.8 Å². The van der Waals surface area contributed by atoms with Crippen LogP contribution in [0.4, 0.5) is 0 Å². The van der Waals surface area contributed by atoms with E-state index in [4.69, 9.17) is 4.74 Å². The second-order valence-electron chi connectivity index (χ2n) is 5.68. The van der Waals surface area contributed by atoms with Gasteiger partial charge in [0.1, 0.15) is 4.60 Å². The number of hydrogen-bond donors (Lipinski definition) is 1. The van der Waals surface area contributed by atoms with Gasteiger partial charge in [0.05, 0.1) is 6.61 Å². The quantitative estimate of drug-likeness (QED) is 0.358. The number of carbonyl (C=O) groups excluding carboxylic acids is 1. The standard InChI is InChI=1S/C20H18BrNO3/c1-2-3-12-25-20(24)17-18(23)15-11-7-10-14(16(15)19(21)22-17)13-8-5-4-6-9-13/h4-11,23H,2-3,12H2,1H3. The molecule has 25 heavy (non-hydrogen) atoms. The summed E-state index contributed by atoms with van der Waals surface area (Å²) in [5.41, 5.74) is 1.87. The summed E-state index contributed by atoms with van der Waals surface area (Å²) >= 11 is 3.45. The number of halogens is 1.